The Labute approximate surface area is 119 Å². The van der Waals surface area contributed by atoms with Gasteiger partial charge >= 0.3 is 0 Å². The molecule has 1 amide bonds. The molecule has 2 aliphatic rings. The predicted molar refractivity (Wildman–Crippen MR) is 75.6 cm³/mol. The zero-order chi connectivity index (χ0) is 12.5. The van der Waals surface area contributed by atoms with E-state index in [4.69, 9.17) is 0 Å². The Hall–Kier alpha value is -1.07. The minimum atomic E-state index is 0. The molecule has 2 atom stereocenters. The maximum atomic E-state index is 12.1. The van der Waals surface area contributed by atoms with Crippen molar-refractivity contribution in [2.24, 2.45) is 0 Å². The molecule has 3 heterocycles. The Kier molecular flexibility index (Phi) is 4.47. The molecule has 3 rings (SSSR count). The van der Waals surface area contributed by atoms with Crippen LogP contribution >= 0.6 is 12.4 Å². The topological polar surface area (TPSA) is 59.0 Å². The SMILES string of the molecule is CCn1cc(C(=O)NC2CC3CCC(C2)N3)cn1.Cl. The van der Waals surface area contributed by atoms with Crippen LogP contribution in [0.25, 0.3) is 0 Å². The van der Waals surface area contributed by atoms with Crippen molar-refractivity contribution in [1.29, 1.82) is 0 Å². The first-order valence-electron chi connectivity index (χ1n) is 6.84. The summed E-state index contributed by atoms with van der Waals surface area (Å²) in [5, 5.41) is 10.9. The van der Waals surface area contributed by atoms with Gasteiger partial charge in [-0.2, -0.15) is 5.10 Å². The van der Waals surface area contributed by atoms with Crippen molar-refractivity contribution < 1.29 is 4.79 Å². The molecule has 0 aromatic carbocycles. The van der Waals surface area contributed by atoms with E-state index in [2.05, 4.69) is 15.7 Å². The quantitative estimate of drug-likeness (QED) is 0.881. The van der Waals surface area contributed by atoms with E-state index in [0.717, 1.165) is 19.4 Å². The van der Waals surface area contributed by atoms with Gasteiger partial charge in [-0.3, -0.25) is 9.48 Å². The maximum absolute atomic E-state index is 12.1. The summed E-state index contributed by atoms with van der Waals surface area (Å²) in [5.74, 6) is 0.0148. The number of nitrogens with zero attached hydrogens (tertiary/aromatic N) is 2. The lowest BCUT2D eigenvalue weighted by Gasteiger charge is -2.29. The molecule has 6 heteroatoms. The molecule has 106 valence electrons. The third-order valence-electron chi connectivity index (χ3n) is 4.03. The highest BCUT2D eigenvalue weighted by Crippen LogP contribution is 2.26. The summed E-state index contributed by atoms with van der Waals surface area (Å²) in [6, 6.07) is 1.53. The molecule has 0 spiro atoms. The lowest BCUT2D eigenvalue weighted by atomic mass is 9.99. The van der Waals surface area contributed by atoms with Crippen molar-refractivity contribution in [3.63, 3.8) is 0 Å². The number of rotatable bonds is 3. The van der Waals surface area contributed by atoms with Gasteiger partial charge < -0.3 is 10.6 Å². The van der Waals surface area contributed by atoms with Gasteiger partial charge in [-0.05, 0) is 32.6 Å². The van der Waals surface area contributed by atoms with Crippen LogP contribution in [-0.2, 0) is 6.54 Å². The second-order valence-corrected chi connectivity index (χ2v) is 5.36. The fourth-order valence-corrected chi connectivity index (χ4v) is 3.10. The van der Waals surface area contributed by atoms with Crippen molar-refractivity contribution in [2.75, 3.05) is 0 Å². The smallest absolute Gasteiger partial charge is 0.254 e. The maximum Gasteiger partial charge on any atom is 0.254 e. The van der Waals surface area contributed by atoms with Crippen LogP contribution in [-0.4, -0.2) is 33.8 Å². The number of hydrogen-bond acceptors (Lipinski definition) is 3. The van der Waals surface area contributed by atoms with Crippen molar-refractivity contribution >= 4 is 18.3 Å². The number of halogens is 1. The highest BCUT2D eigenvalue weighted by atomic mass is 35.5. The first-order chi connectivity index (χ1) is 8.74. The minimum absolute atomic E-state index is 0. The van der Waals surface area contributed by atoms with Gasteiger partial charge in [0.05, 0.1) is 11.8 Å². The monoisotopic (exact) mass is 284 g/mol. The highest BCUT2D eigenvalue weighted by Gasteiger charge is 2.34. The third kappa shape index (κ3) is 3.09. The lowest BCUT2D eigenvalue weighted by molar-refractivity contribution is 0.0924. The zero-order valence-corrected chi connectivity index (χ0v) is 11.9. The van der Waals surface area contributed by atoms with Crippen LogP contribution in [0.2, 0.25) is 0 Å². The summed E-state index contributed by atoms with van der Waals surface area (Å²) in [5.41, 5.74) is 0.669. The lowest BCUT2D eigenvalue weighted by Crippen LogP contribution is -2.47. The molecule has 0 saturated carbocycles. The molecule has 5 nitrogen and oxygen atoms in total. The average Bonchev–Trinajstić information content (AvgIpc) is 2.96. The van der Waals surface area contributed by atoms with E-state index in [0.29, 0.717) is 23.7 Å². The fraction of sp³-hybridized carbons (Fsp3) is 0.692. The number of piperidine rings is 1. The van der Waals surface area contributed by atoms with Crippen molar-refractivity contribution in [1.82, 2.24) is 20.4 Å². The molecule has 2 unspecified atom stereocenters. The second kappa shape index (κ2) is 5.92. The number of nitrogens with one attached hydrogen (secondary N) is 2. The zero-order valence-electron chi connectivity index (χ0n) is 11.1. The van der Waals surface area contributed by atoms with E-state index in [1.807, 2.05) is 13.1 Å². The Morgan fingerprint density at radius 1 is 1.47 bits per heavy atom. The minimum Gasteiger partial charge on any atom is -0.349 e. The molecular formula is C13H21ClN4O. The molecule has 2 aliphatic heterocycles. The number of fused-ring (bicyclic) bond motifs is 2. The van der Waals surface area contributed by atoms with Crippen LogP contribution in [0, 0.1) is 0 Å². The number of aromatic nitrogens is 2. The summed E-state index contributed by atoms with van der Waals surface area (Å²) < 4.78 is 1.78. The van der Waals surface area contributed by atoms with E-state index in [-0.39, 0.29) is 18.3 Å². The Morgan fingerprint density at radius 2 is 2.16 bits per heavy atom. The largest absolute Gasteiger partial charge is 0.349 e. The van der Waals surface area contributed by atoms with E-state index >= 15 is 0 Å². The van der Waals surface area contributed by atoms with Crippen molar-refractivity contribution in [2.45, 2.75) is 57.3 Å². The number of carbonyl (C=O) groups is 1. The Balaban J connectivity index is 0.00000133. The predicted octanol–water partition coefficient (Wildman–Crippen LogP) is 1.34. The van der Waals surface area contributed by atoms with E-state index in [1.54, 1.807) is 10.9 Å². The van der Waals surface area contributed by atoms with Gasteiger partial charge in [0.2, 0.25) is 0 Å². The normalized spacial score (nSPS) is 28.8. The van der Waals surface area contributed by atoms with Gasteiger partial charge in [0, 0.05) is 30.9 Å². The van der Waals surface area contributed by atoms with E-state index in [1.165, 1.54) is 12.8 Å². The van der Waals surface area contributed by atoms with Gasteiger partial charge in [-0.1, -0.05) is 0 Å². The van der Waals surface area contributed by atoms with Gasteiger partial charge in [-0.15, -0.1) is 12.4 Å². The molecule has 1 aromatic heterocycles. The van der Waals surface area contributed by atoms with Gasteiger partial charge in [0.25, 0.3) is 5.91 Å². The third-order valence-corrected chi connectivity index (χ3v) is 4.03. The van der Waals surface area contributed by atoms with Crippen LogP contribution in [0.5, 0.6) is 0 Å². The van der Waals surface area contributed by atoms with Crippen LogP contribution in [0.3, 0.4) is 0 Å². The van der Waals surface area contributed by atoms with Gasteiger partial charge in [-0.25, -0.2) is 0 Å². The molecule has 2 fully saturated rings. The molecule has 0 radical (unpaired) electrons. The van der Waals surface area contributed by atoms with Crippen LogP contribution in [0.4, 0.5) is 0 Å². The van der Waals surface area contributed by atoms with Gasteiger partial charge in [0.15, 0.2) is 0 Å². The summed E-state index contributed by atoms with van der Waals surface area (Å²) in [6.45, 7) is 2.81. The summed E-state index contributed by atoms with van der Waals surface area (Å²) >= 11 is 0. The van der Waals surface area contributed by atoms with Crippen molar-refractivity contribution in [3.8, 4) is 0 Å². The van der Waals surface area contributed by atoms with Crippen LogP contribution in [0.1, 0.15) is 43.0 Å². The molecule has 1 aromatic rings. The van der Waals surface area contributed by atoms with Crippen molar-refractivity contribution in [3.05, 3.63) is 18.0 Å². The summed E-state index contributed by atoms with van der Waals surface area (Å²) in [4.78, 5) is 12.1. The number of carbonyl (C=O) groups excluding carboxylic acids is 1. The number of amides is 1. The van der Waals surface area contributed by atoms with E-state index in [9.17, 15) is 4.79 Å². The Morgan fingerprint density at radius 3 is 2.74 bits per heavy atom. The average molecular weight is 285 g/mol. The molecule has 0 aliphatic carbocycles. The number of hydrogen-bond donors (Lipinski definition) is 2. The summed E-state index contributed by atoms with van der Waals surface area (Å²) in [6.07, 6.45) is 8.09. The standard InChI is InChI=1S/C13H20N4O.ClH/c1-2-17-8-9(7-14-17)13(18)16-12-5-10-3-4-11(6-12)15-10;/h7-8,10-12,15H,2-6H2,1H3,(H,16,18);1H. The first-order valence-corrected chi connectivity index (χ1v) is 6.84. The first kappa shape index (κ1) is 14.3. The molecular weight excluding hydrogens is 264 g/mol. The molecule has 19 heavy (non-hydrogen) atoms. The summed E-state index contributed by atoms with van der Waals surface area (Å²) in [7, 11) is 0. The molecule has 2 bridgehead atoms. The van der Waals surface area contributed by atoms with E-state index < -0.39 is 0 Å². The Bertz CT molecular complexity index is 436. The molecule has 2 saturated heterocycles. The fourth-order valence-electron chi connectivity index (χ4n) is 3.10. The van der Waals surface area contributed by atoms with Crippen LogP contribution < -0.4 is 10.6 Å². The highest BCUT2D eigenvalue weighted by molar-refractivity contribution is 5.93. The number of aryl methyl sites for hydroxylation is 1. The second-order valence-electron chi connectivity index (χ2n) is 5.36. The van der Waals surface area contributed by atoms with Gasteiger partial charge in [0.1, 0.15) is 0 Å². The van der Waals surface area contributed by atoms with Crippen LogP contribution in [0.15, 0.2) is 12.4 Å². The molecule has 2 N–H and O–H groups in total.